The molecule has 2 N–H and O–H groups in total. The van der Waals surface area contributed by atoms with Gasteiger partial charge in [-0.05, 0) is 48.5 Å². The highest BCUT2D eigenvalue weighted by atomic mass is 16.5. The Morgan fingerprint density at radius 1 is 0.703 bits per heavy atom. The predicted octanol–water partition coefficient (Wildman–Crippen LogP) is 2.62. The van der Waals surface area contributed by atoms with Crippen LogP contribution in [-0.4, -0.2) is 66.8 Å². The van der Waals surface area contributed by atoms with Crippen molar-refractivity contribution in [2.75, 3.05) is 26.4 Å². The number of carbonyl (C=O) groups excluding carboxylic acids is 3. The first-order valence-electron chi connectivity index (χ1n) is 11.4. The summed E-state index contributed by atoms with van der Waals surface area (Å²) in [6.45, 7) is 6.64. The van der Waals surface area contributed by atoms with Gasteiger partial charge in [-0.1, -0.05) is 13.2 Å². The van der Waals surface area contributed by atoms with Crippen LogP contribution in [0.2, 0.25) is 0 Å². The zero-order valence-electron chi connectivity index (χ0n) is 20.2. The fourth-order valence-electron chi connectivity index (χ4n) is 2.72. The summed E-state index contributed by atoms with van der Waals surface area (Å²) in [5, 5.41) is 19.5. The number of hydrogen-bond acceptors (Lipinski definition) is 10. The molecular weight excluding hydrogens is 484 g/mol. The van der Waals surface area contributed by atoms with Crippen LogP contribution in [0.5, 0.6) is 17.2 Å². The molecule has 0 aliphatic carbocycles. The van der Waals surface area contributed by atoms with Crippen molar-refractivity contribution < 1.29 is 48.3 Å². The molecule has 10 nitrogen and oxygen atoms in total. The lowest BCUT2D eigenvalue weighted by molar-refractivity contribution is -0.141. The van der Waals surface area contributed by atoms with Gasteiger partial charge in [-0.25, -0.2) is 14.4 Å². The molecule has 2 atom stereocenters. The van der Waals surface area contributed by atoms with Crippen LogP contribution in [0, 0.1) is 0 Å². The molecule has 0 saturated carbocycles. The molecule has 2 aromatic carbocycles. The van der Waals surface area contributed by atoms with Gasteiger partial charge in [0.2, 0.25) is 0 Å². The number of benzene rings is 2. The average molecular weight is 515 g/mol. The largest absolute Gasteiger partial charge is 0.493 e. The highest BCUT2D eigenvalue weighted by Gasteiger charge is 2.11. The van der Waals surface area contributed by atoms with E-state index in [9.17, 15) is 24.6 Å². The predicted molar refractivity (Wildman–Crippen MR) is 132 cm³/mol. The van der Waals surface area contributed by atoms with Crippen molar-refractivity contribution in [3.05, 3.63) is 79.4 Å². The molecule has 10 heteroatoms. The first-order chi connectivity index (χ1) is 17.8. The summed E-state index contributed by atoms with van der Waals surface area (Å²) < 4.78 is 25.9. The van der Waals surface area contributed by atoms with E-state index in [0.717, 1.165) is 12.2 Å². The van der Waals surface area contributed by atoms with Crippen molar-refractivity contribution in [1.82, 2.24) is 0 Å². The molecule has 2 rings (SSSR count). The quantitative estimate of drug-likeness (QED) is 0.195. The van der Waals surface area contributed by atoms with Crippen LogP contribution in [-0.2, 0) is 19.1 Å². The van der Waals surface area contributed by atoms with E-state index in [1.807, 2.05) is 0 Å². The van der Waals surface area contributed by atoms with Crippen molar-refractivity contribution in [2.24, 2.45) is 0 Å². The zero-order chi connectivity index (χ0) is 27.0. The van der Waals surface area contributed by atoms with E-state index in [0.29, 0.717) is 22.8 Å². The van der Waals surface area contributed by atoms with Crippen LogP contribution in [0.4, 0.5) is 0 Å². The number of ether oxygens (including phenoxy) is 5. The van der Waals surface area contributed by atoms with Gasteiger partial charge >= 0.3 is 17.9 Å². The van der Waals surface area contributed by atoms with Crippen molar-refractivity contribution in [3.63, 3.8) is 0 Å². The van der Waals surface area contributed by atoms with Gasteiger partial charge in [-0.15, -0.1) is 0 Å². The minimum atomic E-state index is -0.865. The Labute approximate surface area is 214 Å². The summed E-state index contributed by atoms with van der Waals surface area (Å²) in [6, 6.07) is 12.7. The number of aliphatic hydroxyl groups is 2. The lowest BCUT2D eigenvalue weighted by Crippen LogP contribution is -2.20. The van der Waals surface area contributed by atoms with E-state index in [-0.39, 0.29) is 39.3 Å². The molecule has 0 amide bonds. The minimum Gasteiger partial charge on any atom is -0.493 e. The lowest BCUT2D eigenvalue weighted by atomic mass is 10.2. The van der Waals surface area contributed by atoms with E-state index >= 15 is 0 Å². The van der Waals surface area contributed by atoms with Crippen molar-refractivity contribution >= 4 is 17.9 Å². The molecule has 0 heterocycles. The Kier molecular flexibility index (Phi) is 12.4. The Hall–Kier alpha value is -4.15. The average Bonchev–Trinajstić information content (AvgIpc) is 2.91. The van der Waals surface area contributed by atoms with E-state index in [2.05, 4.69) is 13.2 Å². The maximum atomic E-state index is 12.4. The van der Waals surface area contributed by atoms with Gasteiger partial charge in [0.05, 0.1) is 31.0 Å². The minimum absolute atomic E-state index is 0.144. The SMILES string of the molecule is C=CC(=O)OCC(O)CCOc1ccc(OC(=O)c2ccc(OCCC(O)COC(=O)C=C)cc2)cc1. The number of aliphatic hydroxyl groups excluding tert-OH is 2. The molecular formula is C27H30O10. The second kappa shape index (κ2) is 15.8. The maximum absolute atomic E-state index is 12.4. The molecule has 198 valence electrons. The number of hydrogen-bond donors (Lipinski definition) is 2. The second-order valence-electron chi connectivity index (χ2n) is 7.64. The van der Waals surface area contributed by atoms with Crippen LogP contribution in [0.25, 0.3) is 0 Å². The lowest BCUT2D eigenvalue weighted by Gasteiger charge is -2.12. The van der Waals surface area contributed by atoms with Crippen molar-refractivity contribution in [3.8, 4) is 17.2 Å². The highest BCUT2D eigenvalue weighted by Crippen LogP contribution is 2.20. The fraction of sp³-hybridized carbons (Fsp3) is 0.296. The molecule has 2 aromatic rings. The molecule has 2 unspecified atom stereocenters. The summed E-state index contributed by atoms with van der Waals surface area (Å²) in [6.07, 6.45) is 0.820. The van der Waals surface area contributed by atoms with E-state index in [1.54, 1.807) is 48.5 Å². The van der Waals surface area contributed by atoms with Gasteiger partial charge in [-0.2, -0.15) is 0 Å². The van der Waals surface area contributed by atoms with E-state index in [1.165, 1.54) is 0 Å². The molecule has 0 saturated heterocycles. The van der Waals surface area contributed by atoms with E-state index in [4.69, 9.17) is 23.7 Å². The van der Waals surface area contributed by atoms with Crippen molar-refractivity contribution in [2.45, 2.75) is 25.0 Å². The van der Waals surface area contributed by atoms with Crippen LogP contribution in [0.15, 0.2) is 73.8 Å². The van der Waals surface area contributed by atoms with Gasteiger partial charge in [0.25, 0.3) is 0 Å². The monoisotopic (exact) mass is 514 g/mol. The number of esters is 3. The fourth-order valence-corrected chi connectivity index (χ4v) is 2.72. The molecule has 0 aliphatic rings. The first kappa shape index (κ1) is 29.1. The standard InChI is InChI=1S/C27H30O10/c1-3-25(30)35-17-20(28)13-15-33-22-7-5-19(6-8-22)27(32)37-24-11-9-23(10-12-24)34-16-14-21(29)18-36-26(31)4-2/h3-12,20-21,28-29H,1-2,13-18H2. The maximum Gasteiger partial charge on any atom is 0.343 e. The highest BCUT2D eigenvalue weighted by molar-refractivity contribution is 5.91. The molecule has 0 radical (unpaired) electrons. The Balaban J connectivity index is 1.71. The molecule has 0 aromatic heterocycles. The summed E-state index contributed by atoms with van der Waals surface area (Å²) in [4.78, 5) is 34.4. The topological polar surface area (TPSA) is 138 Å². The Morgan fingerprint density at radius 2 is 1.11 bits per heavy atom. The Bertz CT molecular complexity index is 1030. The van der Waals surface area contributed by atoms with Gasteiger partial charge in [0.1, 0.15) is 30.5 Å². The third kappa shape index (κ3) is 11.4. The molecule has 0 bridgehead atoms. The zero-order valence-corrected chi connectivity index (χ0v) is 20.2. The molecule has 0 spiro atoms. The van der Waals surface area contributed by atoms with Crippen LogP contribution in [0.3, 0.4) is 0 Å². The number of carbonyl (C=O) groups is 3. The molecule has 0 fully saturated rings. The van der Waals surface area contributed by atoms with Crippen LogP contribution < -0.4 is 14.2 Å². The third-order valence-electron chi connectivity index (χ3n) is 4.73. The normalized spacial score (nSPS) is 11.9. The summed E-state index contributed by atoms with van der Waals surface area (Å²) in [7, 11) is 0. The Morgan fingerprint density at radius 3 is 1.54 bits per heavy atom. The van der Waals surface area contributed by atoms with Crippen molar-refractivity contribution in [1.29, 1.82) is 0 Å². The summed E-state index contributed by atoms with van der Waals surface area (Å²) in [5.41, 5.74) is 0.315. The number of rotatable bonds is 16. The summed E-state index contributed by atoms with van der Waals surface area (Å²) in [5.74, 6) is -0.438. The first-order valence-corrected chi connectivity index (χ1v) is 11.4. The van der Waals surface area contributed by atoms with Crippen LogP contribution >= 0.6 is 0 Å². The van der Waals surface area contributed by atoms with Gasteiger partial charge in [0, 0.05) is 25.0 Å². The van der Waals surface area contributed by atoms with Gasteiger partial charge in [-0.3, -0.25) is 0 Å². The molecule has 0 aliphatic heterocycles. The summed E-state index contributed by atoms with van der Waals surface area (Å²) >= 11 is 0. The second-order valence-corrected chi connectivity index (χ2v) is 7.64. The van der Waals surface area contributed by atoms with Gasteiger partial charge in [0.15, 0.2) is 0 Å². The van der Waals surface area contributed by atoms with E-state index < -0.39 is 30.1 Å². The molecule has 37 heavy (non-hydrogen) atoms. The smallest absolute Gasteiger partial charge is 0.343 e. The van der Waals surface area contributed by atoms with Crippen LogP contribution in [0.1, 0.15) is 23.2 Å². The third-order valence-corrected chi connectivity index (χ3v) is 4.73. The van der Waals surface area contributed by atoms with Gasteiger partial charge < -0.3 is 33.9 Å².